The second-order valence-electron chi connectivity index (χ2n) is 13.2. The van der Waals surface area contributed by atoms with Crippen LogP contribution in [0, 0.1) is 11.3 Å². The summed E-state index contributed by atoms with van der Waals surface area (Å²) in [6.45, 7) is 0.351. The monoisotopic (exact) mass is 749 g/mol. The van der Waals surface area contributed by atoms with Crippen LogP contribution in [0.15, 0.2) is 42.5 Å². The van der Waals surface area contributed by atoms with Crippen LogP contribution in [0.25, 0.3) is 12.2 Å². The van der Waals surface area contributed by atoms with E-state index in [1.165, 1.54) is 41.3 Å². The maximum atomic E-state index is 13.7. The molecule has 1 heterocycles. The Kier molecular flexibility index (Phi) is 16.5. The first kappa shape index (κ1) is 42.5. The summed E-state index contributed by atoms with van der Waals surface area (Å²) in [5.41, 5.74) is 4.97. The maximum Gasteiger partial charge on any atom is 0.328 e. The van der Waals surface area contributed by atoms with Crippen LogP contribution >= 0.6 is 0 Å². The van der Waals surface area contributed by atoms with E-state index in [0.717, 1.165) is 12.2 Å². The topological polar surface area (TPSA) is 259 Å². The van der Waals surface area contributed by atoms with Gasteiger partial charge in [-0.05, 0) is 67.9 Å². The number of aliphatic carboxylic acids is 2. The van der Waals surface area contributed by atoms with Gasteiger partial charge in [0.1, 0.15) is 11.6 Å². The van der Waals surface area contributed by atoms with Crippen molar-refractivity contribution in [3.05, 3.63) is 53.6 Å². The van der Waals surface area contributed by atoms with Gasteiger partial charge in [-0.1, -0.05) is 31.4 Å². The van der Waals surface area contributed by atoms with Gasteiger partial charge in [0.2, 0.25) is 11.8 Å². The minimum Gasteiger partial charge on any atom is -0.478 e. The lowest BCUT2D eigenvalue weighted by atomic mass is 9.61. The van der Waals surface area contributed by atoms with E-state index in [9.17, 15) is 43.2 Å². The molecule has 16 heteroatoms. The number of Topliss-reactive ketones (excluding diaryl/α,β-unsaturated/α-hetero) is 2. The Hall–Kier alpha value is -5.93. The first-order chi connectivity index (χ1) is 25.7. The highest BCUT2D eigenvalue weighted by Gasteiger charge is 2.49. The van der Waals surface area contributed by atoms with Crippen molar-refractivity contribution in [1.29, 1.82) is 0 Å². The summed E-state index contributed by atoms with van der Waals surface area (Å²) in [6, 6.07) is 3.79. The number of carboxylic acids is 2. The van der Waals surface area contributed by atoms with Crippen molar-refractivity contribution < 1.29 is 53.4 Å². The second-order valence-corrected chi connectivity index (χ2v) is 13.2. The van der Waals surface area contributed by atoms with Gasteiger partial charge in [-0.3, -0.25) is 33.7 Å². The standard InChI is InChI=1S/C38H47N5O11/c39-37(54)41-20-5-7-27(24-30(45)38(18-6-19-38)29(44)8-3-1-2-4-22-43-32(47)13-14-33(43)48)36(53)40-21-17-31(46)42-28-23-25(10-15-34(49)50)9-11-26(28)12-16-35(51)52/h9-16,23,27H,1-8,17-22,24H2,(H,40,53)(H,42,46)(H,49,50)(H,51,52)(H3,39,41,54)/b15-10+,16-12+/t27-/m1/s1. The first-order valence-corrected chi connectivity index (χ1v) is 17.9. The third-order valence-corrected chi connectivity index (χ3v) is 9.37. The molecular formula is C38H47N5O11. The Bertz CT molecular complexity index is 1690. The van der Waals surface area contributed by atoms with Crippen molar-refractivity contribution >= 4 is 71.0 Å². The normalized spacial score (nSPS) is 15.2. The summed E-state index contributed by atoms with van der Waals surface area (Å²) < 4.78 is 0. The number of anilines is 1. The smallest absolute Gasteiger partial charge is 0.328 e. The Morgan fingerprint density at radius 2 is 1.48 bits per heavy atom. The highest BCUT2D eigenvalue weighted by atomic mass is 16.4. The number of rotatable bonds is 24. The SMILES string of the molecule is NC(=O)NCCC[C@H](CC(=O)C1(C(=O)CCCCCCN2C(=O)C=CC2=O)CCC1)C(=O)NCCC(=O)Nc1cc(/C=C/C(=O)O)ccc1/C=C/C(=O)O. The number of nitrogens with one attached hydrogen (secondary N) is 3. The van der Waals surface area contributed by atoms with E-state index in [2.05, 4.69) is 16.0 Å². The van der Waals surface area contributed by atoms with Crippen LogP contribution in [-0.4, -0.2) is 87.9 Å². The van der Waals surface area contributed by atoms with E-state index >= 15 is 0 Å². The molecule has 0 saturated heterocycles. The Labute approximate surface area is 312 Å². The van der Waals surface area contributed by atoms with Crippen LogP contribution in [0.2, 0.25) is 0 Å². The Morgan fingerprint density at radius 1 is 0.815 bits per heavy atom. The van der Waals surface area contributed by atoms with Gasteiger partial charge in [-0.15, -0.1) is 0 Å². The number of carbonyl (C=O) groups excluding carboxylic acids is 7. The number of urea groups is 1. The largest absolute Gasteiger partial charge is 0.478 e. The molecular weight excluding hydrogens is 702 g/mol. The second kappa shape index (κ2) is 20.9. The first-order valence-electron chi connectivity index (χ1n) is 17.9. The highest BCUT2D eigenvalue weighted by molar-refractivity contribution is 6.13. The van der Waals surface area contributed by atoms with Crippen molar-refractivity contribution in [2.24, 2.45) is 17.1 Å². The molecule has 1 saturated carbocycles. The molecule has 290 valence electrons. The zero-order chi connectivity index (χ0) is 39.7. The van der Waals surface area contributed by atoms with Gasteiger partial charge in [0, 0.05) is 74.8 Å². The number of nitrogens with zero attached hydrogens (tertiary/aromatic N) is 1. The number of ketones is 2. The summed E-state index contributed by atoms with van der Waals surface area (Å²) in [5, 5.41) is 25.7. The minimum atomic E-state index is -1.21. The van der Waals surface area contributed by atoms with E-state index in [1.807, 2.05) is 0 Å². The van der Waals surface area contributed by atoms with Crippen LogP contribution < -0.4 is 21.7 Å². The molecule has 0 unspecified atom stereocenters. The molecule has 0 spiro atoms. The number of hydrogen-bond donors (Lipinski definition) is 6. The number of unbranched alkanes of at least 4 members (excludes halogenated alkanes) is 3. The van der Waals surface area contributed by atoms with Gasteiger partial charge in [0.25, 0.3) is 11.8 Å². The third kappa shape index (κ3) is 13.2. The van der Waals surface area contributed by atoms with Crippen LogP contribution in [-0.2, 0) is 38.4 Å². The van der Waals surface area contributed by atoms with E-state index in [1.54, 1.807) is 6.07 Å². The summed E-state index contributed by atoms with van der Waals surface area (Å²) >= 11 is 0. The van der Waals surface area contributed by atoms with Gasteiger partial charge < -0.3 is 31.9 Å². The van der Waals surface area contributed by atoms with Crippen LogP contribution in [0.4, 0.5) is 10.5 Å². The predicted molar refractivity (Wildman–Crippen MR) is 196 cm³/mol. The predicted octanol–water partition coefficient (Wildman–Crippen LogP) is 2.97. The van der Waals surface area contributed by atoms with E-state index < -0.39 is 41.1 Å². The molecule has 1 aliphatic heterocycles. The quantitative estimate of drug-likeness (QED) is 0.0387. The molecule has 3 rings (SSSR count). The molecule has 1 aliphatic carbocycles. The van der Waals surface area contributed by atoms with Gasteiger partial charge in [-0.2, -0.15) is 0 Å². The molecule has 2 aliphatic rings. The number of imide groups is 1. The zero-order valence-electron chi connectivity index (χ0n) is 30.0. The fourth-order valence-corrected chi connectivity index (χ4v) is 6.26. The van der Waals surface area contributed by atoms with Crippen molar-refractivity contribution in [1.82, 2.24) is 15.5 Å². The highest BCUT2D eigenvalue weighted by Crippen LogP contribution is 2.45. The number of carbonyl (C=O) groups is 9. The Balaban J connectivity index is 1.57. The summed E-state index contributed by atoms with van der Waals surface area (Å²) in [7, 11) is 0. The molecule has 54 heavy (non-hydrogen) atoms. The Morgan fingerprint density at radius 3 is 2.11 bits per heavy atom. The zero-order valence-corrected chi connectivity index (χ0v) is 30.0. The van der Waals surface area contributed by atoms with Crippen molar-refractivity contribution in [3.8, 4) is 0 Å². The molecule has 7 N–H and O–H groups in total. The molecule has 6 amide bonds. The van der Waals surface area contributed by atoms with E-state index in [4.69, 9.17) is 15.9 Å². The fourth-order valence-electron chi connectivity index (χ4n) is 6.26. The average Bonchev–Trinajstić information content (AvgIpc) is 3.41. The molecule has 16 nitrogen and oxygen atoms in total. The lowest BCUT2D eigenvalue weighted by Crippen LogP contribution is -2.47. The average molecular weight is 750 g/mol. The van der Waals surface area contributed by atoms with E-state index in [-0.39, 0.29) is 67.8 Å². The molecule has 1 fully saturated rings. The van der Waals surface area contributed by atoms with Crippen LogP contribution in [0.5, 0.6) is 0 Å². The number of primary amides is 1. The van der Waals surface area contributed by atoms with Crippen LogP contribution in [0.3, 0.4) is 0 Å². The third-order valence-electron chi connectivity index (χ3n) is 9.37. The molecule has 1 aromatic carbocycles. The van der Waals surface area contributed by atoms with Crippen molar-refractivity contribution in [2.75, 3.05) is 25.0 Å². The lowest BCUT2D eigenvalue weighted by Gasteiger charge is -2.39. The van der Waals surface area contributed by atoms with Gasteiger partial charge in [0.05, 0.1) is 5.41 Å². The summed E-state index contributed by atoms with van der Waals surface area (Å²) in [5.74, 6) is -5.45. The van der Waals surface area contributed by atoms with E-state index in [0.29, 0.717) is 69.0 Å². The molecule has 0 bridgehead atoms. The van der Waals surface area contributed by atoms with Crippen molar-refractivity contribution in [3.63, 3.8) is 0 Å². The molecule has 0 radical (unpaired) electrons. The van der Waals surface area contributed by atoms with Gasteiger partial charge >= 0.3 is 18.0 Å². The summed E-state index contributed by atoms with van der Waals surface area (Å²) in [6.07, 6.45) is 11.1. The number of hydrogen-bond acceptors (Lipinski definition) is 9. The van der Waals surface area contributed by atoms with Gasteiger partial charge in [0.15, 0.2) is 0 Å². The molecule has 1 aromatic rings. The fraction of sp³-hybridized carbons (Fsp3) is 0.447. The molecule has 1 atom stereocenters. The number of carboxylic acid groups (broad SMARTS) is 2. The van der Waals surface area contributed by atoms with Gasteiger partial charge in [-0.25, -0.2) is 14.4 Å². The maximum absolute atomic E-state index is 13.7. The number of nitrogens with two attached hydrogens (primary N) is 1. The number of amides is 6. The van der Waals surface area contributed by atoms with Crippen LogP contribution in [0.1, 0.15) is 88.2 Å². The lowest BCUT2D eigenvalue weighted by molar-refractivity contribution is -0.149. The van der Waals surface area contributed by atoms with Crippen molar-refractivity contribution in [2.45, 2.75) is 77.0 Å². The summed E-state index contributed by atoms with van der Waals surface area (Å²) in [4.78, 5) is 111. The minimum absolute atomic E-state index is 0.117. The molecule has 0 aromatic heterocycles. The number of benzene rings is 1.